The summed E-state index contributed by atoms with van der Waals surface area (Å²) in [5.41, 5.74) is 17.5. The van der Waals surface area contributed by atoms with E-state index in [0.29, 0.717) is 30.0 Å². The van der Waals surface area contributed by atoms with Gasteiger partial charge in [-0.3, -0.25) is 4.79 Å². The number of aliphatic hydroxyl groups is 1. The van der Waals surface area contributed by atoms with E-state index in [2.05, 4.69) is 0 Å². The number of carbonyl (C=O) groups is 2. The van der Waals surface area contributed by atoms with Crippen molar-refractivity contribution in [3.63, 3.8) is 0 Å². The number of benzene rings is 2. The van der Waals surface area contributed by atoms with Gasteiger partial charge in [-0.2, -0.15) is 0 Å². The topological polar surface area (TPSA) is 182 Å². The van der Waals surface area contributed by atoms with Gasteiger partial charge in [-0.1, -0.05) is 30.7 Å². The molecule has 0 radical (unpaired) electrons. The second-order valence-electron chi connectivity index (χ2n) is 6.86. The molecule has 176 valence electrons. The molecule has 0 aliphatic heterocycles. The first-order valence-corrected chi connectivity index (χ1v) is 10.8. The summed E-state index contributed by atoms with van der Waals surface area (Å²) in [5, 5.41) is 26.8. The minimum Gasteiger partial charge on any atom is -0.497 e. The van der Waals surface area contributed by atoms with Gasteiger partial charge in [0.2, 0.25) is 0 Å². The lowest BCUT2D eigenvalue weighted by Gasteiger charge is -2.21. The SMILES string of the molecule is COc1ccc([C@H](Sc2ccccc2N)[C@@H](O)C(=O)O)cc1.NCCCC[C@H](N)C(=O)O. The Labute approximate surface area is 191 Å². The normalized spacial score (nSPS) is 13.2. The van der Waals surface area contributed by atoms with Gasteiger partial charge in [0.15, 0.2) is 6.10 Å². The van der Waals surface area contributed by atoms with Crippen LogP contribution in [0.2, 0.25) is 0 Å². The molecule has 0 saturated heterocycles. The fourth-order valence-electron chi connectivity index (χ4n) is 2.59. The summed E-state index contributed by atoms with van der Waals surface area (Å²) in [6.45, 7) is 0.604. The molecular formula is C22H31N3O6S. The van der Waals surface area contributed by atoms with Gasteiger partial charge in [0.1, 0.15) is 11.8 Å². The lowest BCUT2D eigenvalue weighted by Crippen LogP contribution is -2.29. The highest BCUT2D eigenvalue weighted by atomic mass is 32.2. The molecule has 0 aromatic heterocycles. The zero-order valence-corrected chi connectivity index (χ0v) is 18.7. The predicted molar refractivity (Wildman–Crippen MR) is 125 cm³/mol. The molecule has 2 aromatic rings. The van der Waals surface area contributed by atoms with Crippen LogP contribution in [0.15, 0.2) is 53.4 Å². The highest BCUT2D eigenvalue weighted by Gasteiger charge is 2.29. The molecule has 9 nitrogen and oxygen atoms in total. The average Bonchev–Trinajstić information content (AvgIpc) is 2.78. The van der Waals surface area contributed by atoms with E-state index in [4.69, 9.17) is 32.2 Å². The molecule has 0 bridgehead atoms. The van der Waals surface area contributed by atoms with Crippen molar-refractivity contribution in [1.82, 2.24) is 0 Å². The number of nitrogen functional groups attached to an aromatic ring is 1. The number of hydrogen-bond donors (Lipinski definition) is 6. The molecule has 0 heterocycles. The lowest BCUT2D eigenvalue weighted by atomic mass is 10.1. The van der Waals surface area contributed by atoms with E-state index in [1.165, 1.54) is 11.8 Å². The monoisotopic (exact) mass is 465 g/mol. The third-order valence-corrected chi connectivity index (χ3v) is 5.85. The Balaban J connectivity index is 0.000000433. The molecule has 0 aliphatic carbocycles. The van der Waals surface area contributed by atoms with Gasteiger partial charge in [-0.05, 0) is 49.2 Å². The van der Waals surface area contributed by atoms with Crippen LogP contribution in [0.3, 0.4) is 0 Å². The van der Waals surface area contributed by atoms with Crippen molar-refractivity contribution in [3.05, 3.63) is 54.1 Å². The summed E-state index contributed by atoms with van der Waals surface area (Å²) in [7, 11) is 1.55. The maximum Gasteiger partial charge on any atom is 0.334 e. The van der Waals surface area contributed by atoms with Crippen molar-refractivity contribution in [2.24, 2.45) is 11.5 Å². The molecule has 2 aromatic carbocycles. The first kappa shape index (κ1) is 27.2. The van der Waals surface area contributed by atoms with E-state index in [1.807, 2.05) is 6.07 Å². The molecular weight excluding hydrogens is 434 g/mol. The third-order valence-electron chi connectivity index (χ3n) is 4.44. The van der Waals surface area contributed by atoms with Gasteiger partial charge in [0.05, 0.1) is 12.4 Å². The Morgan fingerprint density at radius 3 is 2.16 bits per heavy atom. The maximum absolute atomic E-state index is 11.2. The summed E-state index contributed by atoms with van der Waals surface area (Å²) in [6.07, 6.45) is 0.621. The number of unbranched alkanes of at least 4 members (excludes halogenated alkanes) is 1. The number of nitrogens with two attached hydrogens (primary N) is 3. The summed E-state index contributed by atoms with van der Waals surface area (Å²) >= 11 is 1.22. The summed E-state index contributed by atoms with van der Waals surface area (Å²) in [4.78, 5) is 22.1. The van der Waals surface area contributed by atoms with E-state index < -0.39 is 29.3 Å². The number of methoxy groups -OCH3 is 1. The first-order valence-electron chi connectivity index (χ1n) is 9.95. The first-order chi connectivity index (χ1) is 15.2. The van der Waals surface area contributed by atoms with Crippen molar-refractivity contribution in [2.45, 2.75) is 41.6 Å². The van der Waals surface area contributed by atoms with E-state index in [-0.39, 0.29) is 0 Å². The number of ether oxygens (including phenoxy) is 1. The zero-order valence-electron chi connectivity index (χ0n) is 17.9. The van der Waals surface area contributed by atoms with Gasteiger partial charge in [-0.25, -0.2) is 4.79 Å². The van der Waals surface area contributed by atoms with Crippen molar-refractivity contribution in [1.29, 1.82) is 0 Å². The van der Waals surface area contributed by atoms with E-state index in [1.54, 1.807) is 49.6 Å². The predicted octanol–water partition coefficient (Wildman–Crippen LogP) is 2.08. The number of rotatable bonds is 11. The maximum atomic E-state index is 11.2. The second-order valence-corrected chi connectivity index (χ2v) is 8.05. The van der Waals surface area contributed by atoms with Crippen molar-refractivity contribution < 1.29 is 29.6 Å². The molecule has 0 fully saturated rings. The molecule has 0 unspecified atom stereocenters. The standard InChI is InChI=1S/C16H17NO4S.C6H14N2O2/c1-21-11-8-6-10(7-9-11)15(14(18)16(19)20)22-13-5-3-2-4-12(13)17;7-4-2-1-3-5(8)6(9)10/h2-9,14-15,18H,17H2,1H3,(H,19,20);5H,1-4,7-8H2,(H,9,10)/t14-,15+;5-/m10/s1. The lowest BCUT2D eigenvalue weighted by molar-refractivity contribution is -0.146. The number of para-hydroxylation sites is 1. The van der Waals surface area contributed by atoms with Crippen LogP contribution in [0.4, 0.5) is 5.69 Å². The molecule has 0 aliphatic rings. The van der Waals surface area contributed by atoms with Crippen LogP contribution >= 0.6 is 11.8 Å². The molecule has 0 amide bonds. The quantitative estimate of drug-likeness (QED) is 0.163. The van der Waals surface area contributed by atoms with Crippen molar-refractivity contribution >= 4 is 29.4 Å². The summed E-state index contributed by atoms with van der Waals surface area (Å²) in [5.74, 6) is -1.55. The minimum absolute atomic E-state index is 0.520. The van der Waals surface area contributed by atoms with Crippen molar-refractivity contribution in [2.75, 3.05) is 19.4 Å². The number of anilines is 1. The Morgan fingerprint density at radius 2 is 1.66 bits per heavy atom. The molecule has 9 N–H and O–H groups in total. The number of hydrogen-bond acceptors (Lipinski definition) is 8. The highest BCUT2D eigenvalue weighted by Crippen LogP contribution is 2.40. The van der Waals surface area contributed by atoms with Gasteiger partial charge in [0.25, 0.3) is 0 Å². The van der Waals surface area contributed by atoms with Crippen LogP contribution in [-0.4, -0.2) is 53.1 Å². The Kier molecular flexibility index (Phi) is 12.2. The number of carboxylic acids is 2. The number of thioether (sulfide) groups is 1. The number of aliphatic carboxylic acids is 2. The fraction of sp³-hybridized carbons (Fsp3) is 0.364. The highest BCUT2D eigenvalue weighted by molar-refractivity contribution is 7.99. The van der Waals surface area contributed by atoms with Crippen LogP contribution in [0, 0.1) is 0 Å². The van der Waals surface area contributed by atoms with Crippen LogP contribution in [-0.2, 0) is 9.59 Å². The van der Waals surface area contributed by atoms with Gasteiger partial charge >= 0.3 is 11.9 Å². The Morgan fingerprint density at radius 1 is 1.03 bits per heavy atom. The smallest absolute Gasteiger partial charge is 0.334 e. The summed E-state index contributed by atoms with van der Waals surface area (Å²) in [6, 6.07) is 13.4. The molecule has 2 rings (SSSR count). The zero-order chi connectivity index (χ0) is 24.1. The largest absolute Gasteiger partial charge is 0.497 e. The van der Waals surface area contributed by atoms with Gasteiger partial charge in [0, 0.05) is 10.6 Å². The van der Waals surface area contributed by atoms with Crippen LogP contribution in [0.1, 0.15) is 30.1 Å². The molecule has 3 atom stereocenters. The fourth-order valence-corrected chi connectivity index (χ4v) is 3.77. The molecule has 10 heteroatoms. The number of carboxylic acid groups (broad SMARTS) is 2. The molecule has 32 heavy (non-hydrogen) atoms. The van der Waals surface area contributed by atoms with Crippen LogP contribution in [0.25, 0.3) is 0 Å². The second kappa shape index (κ2) is 14.3. The van der Waals surface area contributed by atoms with Crippen molar-refractivity contribution in [3.8, 4) is 5.75 Å². The number of aliphatic hydroxyl groups excluding tert-OH is 1. The van der Waals surface area contributed by atoms with E-state index >= 15 is 0 Å². The molecule has 0 saturated carbocycles. The minimum atomic E-state index is -1.54. The van der Waals surface area contributed by atoms with Crippen LogP contribution < -0.4 is 21.9 Å². The Hall–Kier alpha value is -2.79. The Bertz CT molecular complexity index is 850. The molecule has 0 spiro atoms. The van der Waals surface area contributed by atoms with Crippen LogP contribution in [0.5, 0.6) is 5.75 Å². The van der Waals surface area contributed by atoms with E-state index in [0.717, 1.165) is 17.7 Å². The summed E-state index contributed by atoms with van der Waals surface area (Å²) < 4.78 is 5.09. The third kappa shape index (κ3) is 9.15. The van der Waals surface area contributed by atoms with E-state index in [9.17, 15) is 14.7 Å². The van der Waals surface area contributed by atoms with Gasteiger partial charge < -0.3 is 37.3 Å². The average molecular weight is 466 g/mol. The van der Waals surface area contributed by atoms with Gasteiger partial charge in [-0.15, -0.1) is 11.8 Å².